The molecule has 2 aliphatic heterocycles. The standard InChI is InChI=1S/C19H24N2O3S.ClH/c22-18(20-9-10-25-17-8-4-3-7-15(17)20)12-21-14-6-2-1-5-13(14)11-16(21)19(23)24;/h3-4,7-8,13-14,16H,1-2,5-6,9-12H2,(H,23,24);1H. The molecule has 142 valence electrons. The molecule has 1 N–H and O–H groups in total. The van der Waals surface area contributed by atoms with E-state index in [2.05, 4.69) is 0 Å². The van der Waals surface area contributed by atoms with Crippen molar-refractivity contribution in [2.45, 2.75) is 49.1 Å². The molecule has 3 atom stereocenters. The highest BCUT2D eigenvalue weighted by atomic mass is 35.5. The number of hydrogen-bond donors (Lipinski definition) is 1. The number of thioether (sulfide) groups is 1. The van der Waals surface area contributed by atoms with Crippen LogP contribution in [0.3, 0.4) is 0 Å². The van der Waals surface area contributed by atoms with Crippen LogP contribution in [0.5, 0.6) is 0 Å². The number of halogens is 1. The number of amides is 1. The molecule has 1 aromatic carbocycles. The van der Waals surface area contributed by atoms with Crippen LogP contribution in [0.1, 0.15) is 32.1 Å². The van der Waals surface area contributed by atoms with E-state index in [1.54, 1.807) is 11.8 Å². The Labute approximate surface area is 164 Å². The van der Waals surface area contributed by atoms with Gasteiger partial charge in [-0.25, -0.2) is 0 Å². The number of hydrogen-bond acceptors (Lipinski definition) is 4. The minimum Gasteiger partial charge on any atom is -0.480 e. The largest absolute Gasteiger partial charge is 0.480 e. The smallest absolute Gasteiger partial charge is 0.320 e. The third-order valence-corrected chi connectivity index (χ3v) is 6.90. The van der Waals surface area contributed by atoms with Crippen LogP contribution >= 0.6 is 24.2 Å². The Bertz CT molecular complexity index is 687. The van der Waals surface area contributed by atoms with Crippen molar-refractivity contribution in [3.05, 3.63) is 24.3 Å². The van der Waals surface area contributed by atoms with Gasteiger partial charge < -0.3 is 10.0 Å². The SMILES string of the molecule is Cl.O=C(O)C1CC2CCCCC2N1CC(=O)N1CCSc2ccccc21. The Morgan fingerprint density at radius 3 is 2.77 bits per heavy atom. The summed E-state index contributed by atoms with van der Waals surface area (Å²) in [6, 6.07) is 7.74. The average molecular weight is 397 g/mol. The number of carbonyl (C=O) groups is 2. The number of aliphatic carboxylic acids is 1. The summed E-state index contributed by atoms with van der Waals surface area (Å²) in [4.78, 5) is 29.7. The van der Waals surface area contributed by atoms with Gasteiger partial charge in [0.25, 0.3) is 0 Å². The number of nitrogens with zero attached hydrogens (tertiary/aromatic N) is 2. The highest BCUT2D eigenvalue weighted by Gasteiger charge is 2.46. The molecule has 5 nitrogen and oxygen atoms in total. The van der Waals surface area contributed by atoms with Gasteiger partial charge >= 0.3 is 5.97 Å². The lowest BCUT2D eigenvalue weighted by Gasteiger charge is -2.35. The quantitative estimate of drug-likeness (QED) is 0.849. The molecule has 3 aliphatic rings. The number of carboxylic acids is 1. The van der Waals surface area contributed by atoms with E-state index in [0.29, 0.717) is 18.9 Å². The van der Waals surface area contributed by atoms with Crippen molar-refractivity contribution in [3.63, 3.8) is 0 Å². The second kappa shape index (κ2) is 8.19. The summed E-state index contributed by atoms with van der Waals surface area (Å²) in [5, 5.41) is 9.64. The minimum atomic E-state index is -0.781. The number of rotatable bonds is 3. The third-order valence-electron chi connectivity index (χ3n) is 5.85. The number of anilines is 1. The summed E-state index contributed by atoms with van der Waals surface area (Å²) in [5.74, 6) is 0.575. The van der Waals surface area contributed by atoms with Gasteiger partial charge in [-0.05, 0) is 37.3 Å². The fourth-order valence-electron chi connectivity index (χ4n) is 4.69. The van der Waals surface area contributed by atoms with E-state index < -0.39 is 12.0 Å². The first kappa shape index (κ1) is 19.5. The number of benzene rings is 1. The Morgan fingerprint density at radius 1 is 1.19 bits per heavy atom. The molecule has 1 amide bonds. The van der Waals surface area contributed by atoms with Gasteiger partial charge in [-0.1, -0.05) is 25.0 Å². The van der Waals surface area contributed by atoms with E-state index in [4.69, 9.17) is 0 Å². The highest BCUT2D eigenvalue weighted by molar-refractivity contribution is 7.99. The van der Waals surface area contributed by atoms with Crippen LogP contribution < -0.4 is 4.90 Å². The topological polar surface area (TPSA) is 60.9 Å². The van der Waals surface area contributed by atoms with Gasteiger partial charge in [-0.2, -0.15) is 0 Å². The normalized spacial score (nSPS) is 28.0. The molecule has 4 rings (SSSR count). The highest BCUT2D eigenvalue weighted by Crippen LogP contribution is 2.40. The van der Waals surface area contributed by atoms with Gasteiger partial charge in [-0.15, -0.1) is 24.2 Å². The number of fused-ring (bicyclic) bond motifs is 2. The van der Waals surface area contributed by atoms with Crippen molar-refractivity contribution in [1.82, 2.24) is 4.90 Å². The number of carbonyl (C=O) groups excluding carboxylic acids is 1. The van der Waals surface area contributed by atoms with Crippen molar-refractivity contribution < 1.29 is 14.7 Å². The summed E-state index contributed by atoms with van der Waals surface area (Å²) in [6.45, 7) is 0.914. The zero-order chi connectivity index (χ0) is 17.4. The first-order valence-corrected chi connectivity index (χ1v) is 10.1. The molecule has 1 aromatic rings. The second-order valence-corrected chi connectivity index (χ2v) is 8.37. The molecule has 2 fully saturated rings. The predicted molar refractivity (Wildman–Crippen MR) is 105 cm³/mol. The molecule has 1 aliphatic carbocycles. The summed E-state index contributed by atoms with van der Waals surface area (Å²) in [5.41, 5.74) is 0.968. The molecular weight excluding hydrogens is 372 g/mol. The fourth-order valence-corrected chi connectivity index (χ4v) is 5.69. The number of para-hydroxylation sites is 1. The Hall–Kier alpha value is -1.24. The van der Waals surface area contributed by atoms with Gasteiger partial charge in [0.05, 0.1) is 12.2 Å². The van der Waals surface area contributed by atoms with Crippen LogP contribution in [0.15, 0.2) is 29.2 Å². The third kappa shape index (κ3) is 3.59. The van der Waals surface area contributed by atoms with Gasteiger partial charge in [0.2, 0.25) is 5.91 Å². The van der Waals surface area contributed by atoms with Crippen LogP contribution in [0.25, 0.3) is 0 Å². The zero-order valence-electron chi connectivity index (χ0n) is 14.7. The molecule has 7 heteroatoms. The van der Waals surface area contributed by atoms with E-state index in [0.717, 1.165) is 35.6 Å². The lowest BCUT2D eigenvalue weighted by molar-refractivity contribution is -0.143. The monoisotopic (exact) mass is 396 g/mol. The molecular formula is C19H25ClN2O3S. The average Bonchev–Trinajstić information content (AvgIpc) is 3.00. The predicted octanol–water partition coefficient (Wildman–Crippen LogP) is 3.26. The van der Waals surface area contributed by atoms with E-state index in [1.165, 1.54) is 6.42 Å². The molecule has 1 saturated carbocycles. The van der Waals surface area contributed by atoms with Crippen molar-refractivity contribution in [2.24, 2.45) is 5.92 Å². The Morgan fingerprint density at radius 2 is 1.96 bits per heavy atom. The van der Waals surface area contributed by atoms with Crippen LogP contribution in [-0.2, 0) is 9.59 Å². The van der Waals surface area contributed by atoms with E-state index in [-0.39, 0.29) is 30.9 Å². The molecule has 3 unspecified atom stereocenters. The minimum absolute atomic E-state index is 0. The zero-order valence-corrected chi connectivity index (χ0v) is 16.3. The summed E-state index contributed by atoms with van der Waals surface area (Å²) in [6.07, 6.45) is 5.14. The Kier molecular flexibility index (Phi) is 6.15. The molecule has 2 heterocycles. The first-order valence-electron chi connectivity index (χ1n) is 9.16. The lowest BCUT2D eigenvalue weighted by Crippen LogP contribution is -2.49. The van der Waals surface area contributed by atoms with E-state index >= 15 is 0 Å². The van der Waals surface area contributed by atoms with Crippen LogP contribution in [0.2, 0.25) is 0 Å². The number of likely N-dealkylation sites (tertiary alicyclic amines) is 1. The van der Waals surface area contributed by atoms with Gasteiger partial charge in [0.15, 0.2) is 0 Å². The Balaban J connectivity index is 0.00000196. The summed E-state index contributed by atoms with van der Waals surface area (Å²) >= 11 is 1.77. The maximum atomic E-state index is 13.0. The molecule has 26 heavy (non-hydrogen) atoms. The molecule has 0 bridgehead atoms. The number of carboxylic acid groups (broad SMARTS) is 1. The summed E-state index contributed by atoms with van der Waals surface area (Å²) < 4.78 is 0. The molecule has 0 radical (unpaired) electrons. The second-order valence-electron chi connectivity index (χ2n) is 7.24. The van der Waals surface area contributed by atoms with Crippen LogP contribution in [0.4, 0.5) is 5.69 Å². The van der Waals surface area contributed by atoms with E-state index in [1.807, 2.05) is 34.1 Å². The van der Waals surface area contributed by atoms with Crippen molar-refractivity contribution >= 4 is 41.7 Å². The van der Waals surface area contributed by atoms with Crippen molar-refractivity contribution in [3.8, 4) is 0 Å². The van der Waals surface area contributed by atoms with Crippen molar-refractivity contribution in [2.75, 3.05) is 23.7 Å². The van der Waals surface area contributed by atoms with Gasteiger partial charge in [0, 0.05) is 23.2 Å². The maximum Gasteiger partial charge on any atom is 0.320 e. The fraction of sp³-hybridized carbons (Fsp3) is 0.579. The lowest BCUT2D eigenvalue weighted by atomic mass is 9.85. The summed E-state index contributed by atoms with van der Waals surface area (Å²) in [7, 11) is 0. The maximum absolute atomic E-state index is 13.0. The van der Waals surface area contributed by atoms with Gasteiger partial charge in [0.1, 0.15) is 6.04 Å². The van der Waals surface area contributed by atoms with Crippen LogP contribution in [-0.4, -0.2) is 52.8 Å². The molecule has 1 saturated heterocycles. The van der Waals surface area contributed by atoms with Gasteiger partial charge in [-0.3, -0.25) is 14.5 Å². The molecule has 0 aromatic heterocycles. The van der Waals surface area contributed by atoms with Crippen molar-refractivity contribution in [1.29, 1.82) is 0 Å². The first-order chi connectivity index (χ1) is 12.1. The molecule has 0 spiro atoms. The van der Waals surface area contributed by atoms with E-state index in [9.17, 15) is 14.7 Å². The van der Waals surface area contributed by atoms with Crippen LogP contribution in [0, 0.1) is 5.92 Å².